The first-order valence-corrected chi connectivity index (χ1v) is 11.5. The molecule has 0 saturated carbocycles. The van der Waals surface area contributed by atoms with E-state index in [1.807, 2.05) is 32.0 Å². The van der Waals surface area contributed by atoms with Gasteiger partial charge < -0.3 is 10.1 Å². The summed E-state index contributed by atoms with van der Waals surface area (Å²) in [5.74, 6) is -0.739. The molecule has 0 aromatic heterocycles. The van der Waals surface area contributed by atoms with Crippen molar-refractivity contribution in [2.24, 2.45) is 0 Å². The molecule has 2 aromatic rings. The molecule has 4 N–H and O–H groups in total. The summed E-state index contributed by atoms with van der Waals surface area (Å²) in [7, 11) is 0. The second kappa shape index (κ2) is 12.5. The molecule has 11 heteroatoms. The lowest BCUT2D eigenvalue weighted by atomic mass is 10.1. The van der Waals surface area contributed by atoms with Gasteiger partial charge in [-0.05, 0) is 83.5 Å². The molecular weight excluding hydrogens is 564 g/mol. The number of hydrazine groups is 1. The zero-order valence-electron chi connectivity index (χ0n) is 17.4. The molecule has 2 aromatic carbocycles. The fourth-order valence-corrected chi connectivity index (χ4v) is 3.71. The third kappa shape index (κ3) is 8.93. The van der Waals surface area contributed by atoms with Crippen LogP contribution in [-0.4, -0.2) is 29.4 Å². The summed E-state index contributed by atoms with van der Waals surface area (Å²) in [6.07, 6.45) is -0.0591. The lowest BCUT2D eigenvalue weighted by molar-refractivity contribution is -0.125. The number of ether oxygens (including phenoxy) is 1. The van der Waals surface area contributed by atoms with Crippen LogP contribution in [0.25, 0.3) is 0 Å². The number of aryl methyl sites for hydroxylation is 2. The number of rotatable bonds is 7. The van der Waals surface area contributed by atoms with Gasteiger partial charge in [0.2, 0.25) is 11.8 Å². The minimum atomic E-state index is -0.501. The van der Waals surface area contributed by atoms with E-state index in [-0.39, 0.29) is 30.5 Å². The Hall–Kier alpha value is -2.50. The van der Waals surface area contributed by atoms with E-state index < -0.39 is 11.8 Å². The minimum absolute atomic E-state index is 0.00450. The number of amides is 3. The van der Waals surface area contributed by atoms with E-state index in [2.05, 4.69) is 53.3 Å². The van der Waals surface area contributed by atoms with Gasteiger partial charge in [-0.3, -0.25) is 30.6 Å². The number of hydrogen-bond donors (Lipinski definition) is 4. The van der Waals surface area contributed by atoms with Crippen molar-refractivity contribution >= 4 is 72.6 Å². The molecule has 0 aliphatic rings. The van der Waals surface area contributed by atoms with Crippen molar-refractivity contribution < 1.29 is 19.1 Å². The van der Waals surface area contributed by atoms with Crippen LogP contribution in [-0.2, 0) is 14.4 Å². The van der Waals surface area contributed by atoms with Gasteiger partial charge in [0.25, 0.3) is 5.91 Å². The fourth-order valence-electron chi connectivity index (χ4n) is 2.39. The first kappa shape index (κ1) is 25.8. The molecule has 0 saturated heterocycles. The average molecular weight is 586 g/mol. The topological polar surface area (TPSA) is 109 Å². The summed E-state index contributed by atoms with van der Waals surface area (Å²) in [4.78, 5) is 35.8. The molecule has 8 nitrogen and oxygen atoms in total. The monoisotopic (exact) mass is 584 g/mol. The fraction of sp³-hybridized carbons (Fsp3) is 0.238. The molecule has 0 unspecified atom stereocenters. The highest BCUT2D eigenvalue weighted by Gasteiger charge is 2.10. The Morgan fingerprint density at radius 3 is 2.31 bits per heavy atom. The van der Waals surface area contributed by atoms with E-state index in [1.54, 1.807) is 18.2 Å². The number of halogens is 2. The van der Waals surface area contributed by atoms with E-state index in [4.69, 9.17) is 17.0 Å². The van der Waals surface area contributed by atoms with Crippen LogP contribution in [0.1, 0.15) is 24.0 Å². The van der Waals surface area contributed by atoms with E-state index in [0.717, 1.165) is 15.6 Å². The van der Waals surface area contributed by atoms with Crippen LogP contribution >= 0.6 is 44.1 Å². The van der Waals surface area contributed by atoms with E-state index in [9.17, 15) is 14.4 Å². The molecule has 0 fully saturated rings. The lowest BCUT2D eigenvalue weighted by Crippen LogP contribution is -2.49. The van der Waals surface area contributed by atoms with E-state index in [0.29, 0.717) is 15.9 Å². The van der Waals surface area contributed by atoms with Gasteiger partial charge in [0.15, 0.2) is 11.7 Å². The van der Waals surface area contributed by atoms with E-state index >= 15 is 0 Å². The van der Waals surface area contributed by atoms with Gasteiger partial charge >= 0.3 is 0 Å². The molecule has 32 heavy (non-hydrogen) atoms. The van der Waals surface area contributed by atoms with Crippen molar-refractivity contribution in [2.75, 3.05) is 11.9 Å². The molecule has 0 spiro atoms. The smallest absolute Gasteiger partial charge is 0.264 e. The summed E-state index contributed by atoms with van der Waals surface area (Å²) in [5.41, 5.74) is 7.62. The molecule has 0 radical (unpaired) electrons. The molecule has 0 aliphatic heterocycles. The second-order valence-corrected chi connectivity index (χ2v) is 8.94. The molecule has 2 rings (SSSR count). The van der Waals surface area contributed by atoms with Crippen molar-refractivity contribution in [1.29, 1.82) is 0 Å². The highest BCUT2D eigenvalue weighted by atomic mass is 79.9. The predicted octanol–water partition coefficient (Wildman–Crippen LogP) is 3.65. The van der Waals surface area contributed by atoms with E-state index in [1.165, 1.54) is 0 Å². The van der Waals surface area contributed by atoms with Gasteiger partial charge in [-0.2, -0.15) is 0 Å². The van der Waals surface area contributed by atoms with Gasteiger partial charge in [0, 0.05) is 23.0 Å². The minimum Gasteiger partial charge on any atom is -0.483 e. The van der Waals surface area contributed by atoms with Gasteiger partial charge in [0.1, 0.15) is 5.75 Å². The summed E-state index contributed by atoms with van der Waals surface area (Å²) in [6, 6.07) is 10.9. The molecule has 0 bridgehead atoms. The number of hydrogen-bond acceptors (Lipinski definition) is 5. The van der Waals surface area contributed by atoms with Crippen molar-refractivity contribution in [3.8, 4) is 5.75 Å². The molecule has 0 atom stereocenters. The zero-order valence-corrected chi connectivity index (χ0v) is 21.4. The summed E-state index contributed by atoms with van der Waals surface area (Å²) in [6.45, 7) is 3.67. The number of anilines is 1. The maximum atomic E-state index is 12.0. The largest absolute Gasteiger partial charge is 0.483 e. The highest BCUT2D eigenvalue weighted by molar-refractivity contribution is 9.11. The van der Waals surface area contributed by atoms with Crippen molar-refractivity contribution in [2.45, 2.75) is 26.7 Å². The third-order valence-electron chi connectivity index (χ3n) is 4.19. The quantitative estimate of drug-likeness (QED) is 0.292. The lowest BCUT2D eigenvalue weighted by Gasteiger charge is -2.12. The van der Waals surface area contributed by atoms with Crippen LogP contribution in [0.4, 0.5) is 5.69 Å². The molecular formula is C21H22Br2N4O4S. The number of carbonyl (C=O) groups is 3. The van der Waals surface area contributed by atoms with Crippen LogP contribution in [0.15, 0.2) is 45.3 Å². The van der Waals surface area contributed by atoms with Crippen LogP contribution in [0.5, 0.6) is 5.75 Å². The van der Waals surface area contributed by atoms with Gasteiger partial charge in [0.05, 0.1) is 4.47 Å². The number of nitrogens with one attached hydrogen (secondary N) is 4. The van der Waals surface area contributed by atoms with Crippen LogP contribution < -0.4 is 26.2 Å². The highest BCUT2D eigenvalue weighted by Crippen LogP contribution is 2.28. The summed E-state index contributed by atoms with van der Waals surface area (Å²) >= 11 is 11.6. The number of benzene rings is 2. The Balaban J connectivity index is 1.65. The maximum Gasteiger partial charge on any atom is 0.264 e. The van der Waals surface area contributed by atoms with Crippen molar-refractivity contribution in [3.63, 3.8) is 0 Å². The first-order chi connectivity index (χ1) is 15.1. The molecule has 170 valence electrons. The second-order valence-electron chi connectivity index (χ2n) is 6.76. The van der Waals surface area contributed by atoms with Crippen LogP contribution in [0.2, 0.25) is 0 Å². The molecule has 0 heterocycles. The van der Waals surface area contributed by atoms with Gasteiger partial charge in [-0.15, -0.1) is 0 Å². The SMILES string of the molecule is Cc1ccc(NC(=O)CCC(=O)NNC(=S)NC(=O)COc2ccc(Br)cc2Br)cc1C. The Morgan fingerprint density at radius 1 is 0.906 bits per heavy atom. The molecule has 3 amide bonds. The summed E-state index contributed by atoms with van der Waals surface area (Å²) < 4.78 is 6.96. The number of carbonyl (C=O) groups excluding carboxylic acids is 3. The zero-order chi connectivity index (χ0) is 23.7. The van der Waals surface area contributed by atoms with Crippen LogP contribution in [0.3, 0.4) is 0 Å². The summed E-state index contributed by atoms with van der Waals surface area (Å²) in [5, 5.41) is 5.03. The van der Waals surface area contributed by atoms with Crippen molar-refractivity contribution in [3.05, 3.63) is 56.5 Å². The number of thiocarbonyl (C=S) groups is 1. The Kier molecular flexibility index (Phi) is 10.1. The third-order valence-corrected chi connectivity index (χ3v) is 5.51. The standard InChI is InChI=1S/C21H22Br2N4O4S/c1-12-3-5-15(9-13(12)2)24-18(28)7-8-19(29)26-27-21(32)25-20(30)11-31-17-6-4-14(22)10-16(17)23/h3-6,9-10H,7-8,11H2,1-2H3,(H,24,28)(H,26,29)(H2,25,27,30,32). The average Bonchev–Trinajstić information content (AvgIpc) is 2.73. The Morgan fingerprint density at radius 2 is 1.62 bits per heavy atom. The Bertz CT molecular complexity index is 1030. The normalized spacial score (nSPS) is 10.1. The van der Waals surface area contributed by atoms with Crippen molar-refractivity contribution in [1.82, 2.24) is 16.2 Å². The first-order valence-electron chi connectivity index (χ1n) is 9.47. The maximum absolute atomic E-state index is 12.0. The predicted molar refractivity (Wildman–Crippen MR) is 133 cm³/mol. The molecule has 0 aliphatic carbocycles. The van der Waals surface area contributed by atoms with Gasteiger partial charge in [-0.1, -0.05) is 22.0 Å². The van der Waals surface area contributed by atoms with Crippen LogP contribution in [0, 0.1) is 13.8 Å². The Labute approximate surface area is 208 Å². The van der Waals surface area contributed by atoms with Gasteiger partial charge in [-0.25, -0.2) is 0 Å².